The van der Waals surface area contributed by atoms with Gasteiger partial charge in [-0.05, 0) is 62.2 Å². The van der Waals surface area contributed by atoms with Crippen molar-refractivity contribution in [2.75, 3.05) is 13.1 Å². The largest absolute Gasteiger partial charge is 0.418 e. The first kappa shape index (κ1) is 29.1. The number of likely N-dealkylation sites (tertiary alicyclic amines) is 1. The number of hydrogen-bond acceptors (Lipinski definition) is 3. The number of hydrogen-bond donors (Lipinski definition) is 0. The highest BCUT2D eigenvalue weighted by molar-refractivity contribution is 5.90. The second kappa shape index (κ2) is 11.4. The molecule has 1 saturated heterocycles. The van der Waals surface area contributed by atoms with E-state index in [1.807, 2.05) is 6.92 Å². The molecule has 6 nitrogen and oxygen atoms in total. The molecule has 0 amide bonds. The summed E-state index contributed by atoms with van der Waals surface area (Å²) in [4.78, 5) is 19.6. The Balaban J connectivity index is 1.54. The lowest BCUT2D eigenvalue weighted by Gasteiger charge is -2.29. The van der Waals surface area contributed by atoms with Gasteiger partial charge in [-0.15, -0.1) is 0 Å². The van der Waals surface area contributed by atoms with Crippen molar-refractivity contribution in [1.29, 1.82) is 0 Å². The molecule has 5 rings (SSSR count). The van der Waals surface area contributed by atoms with Crippen LogP contribution in [0.1, 0.15) is 76.0 Å². The van der Waals surface area contributed by atoms with Crippen LogP contribution < -0.4 is 5.69 Å². The van der Waals surface area contributed by atoms with E-state index in [-0.39, 0.29) is 17.1 Å². The number of pyridine rings is 1. The summed E-state index contributed by atoms with van der Waals surface area (Å²) in [6, 6.07) is 10.3. The topological polar surface area (TPSA) is 46.4 Å². The summed E-state index contributed by atoms with van der Waals surface area (Å²) in [6.45, 7) is 7.11. The van der Waals surface area contributed by atoms with Crippen molar-refractivity contribution >= 4 is 11.2 Å². The first-order chi connectivity index (χ1) is 19.5. The quantitative estimate of drug-likeness (QED) is 0.290. The van der Waals surface area contributed by atoms with Crippen LogP contribution >= 0.6 is 0 Å². The molecule has 0 spiro atoms. The Morgan fingerprint density at radius 3 is 2.46 bits per heavy atom. The fraction of sp³-hybridized carbons (Fsp3) is 0.516. The van der Waals surface area contributed by atoms with Gasteiger partial charge in [-0.1, -0.05) is 45.2 Å². The maximum atomic E-state index is 16.3. The van der Waals surface area contributed by atoms with E-state index < -0.39 is 29.0 Å². The number of benzene rings is 1. The molecule has 0 N–H and O–H groups in total. The Morgan fingerprint density at radius 1 is 1.07 bits per heavy atom. The molecule has 2 aliphatic heterocycles. The number of rotatable bonds is 6. The van der Waals surface area contributed by atoms with Gasteiger partial charge in [0.05, 0.1) is 23.2 Å². The Labute approximate surface area is 237 Å². The van der Waals surface area contributed by atoms with Crippen molar-refractivity contribution < 1.29 is 17.6 Å². The van der Waals surface area contributed by atoms with Crippen LogP contribution in [0.25, 0.3) is 16.2 Å². The number of halogens is 4. The summed E-state index contributed by atoms with van der Waals surface area (Å²) in [5.74, 6) is -0.639. The summed E-state index contributed by atoms with van der Waals surface area (Å²) in [5.41, 5.74) is -1.96. The third-order valence-electron chi connectivity index (χ3n) is 8.57. The third kappa shape index (κ3) is 5.96. The van der Waals surface area contributed by atoms with E-state index >= 15 is 4.39 Å². The Kier molecular flexibility index (Phi) is 8.11. The SMILES string of the molecule is CC1CC#[N+]N=C1C(C)[C@](C)(F)c1cccc(-n2cc3c(C(F)(F)F)cc(CN4CCCCCCC4)cn3c2=O)c1. The molecule has 218 valence electrons. The van der Waals surface area contributed by atoms with Crippen LogP contribution in [0, 0.1) is 17.9 Å². The van der Waals surface area contributed by atoms with Crippen molar-refractivity contribution in [1.82, 2.24) is 13.9 Å². The molecule has 2 unspecified atom stereocenters. The van der Waals surface area contributed by atoms with Gasteiger partial charge in [0, 0.05) is 30.8 Å². The van der Waals surface area contributed by atoms with Gasteiger partial charge < -0.3 is 0 Å². The predicted octanol–water partition coefficient (Wildman–Crippen LogP) is 7.42. The zero-order valence-electron chi connectivity index (χ0n) is 23.7. The van der Waals surface area contributed by atoms with Crippen molar-refractivity contribution in [2.24, 2.45) is 16.9 Å². The summed E-state index contributed by atoms with van der Waals surface area (Å²) in [6.07, 6.45) is 4.02. The normalized spacial score (nSPS) is 20.9. The summed E-state index contributed by atoms with van der Waals surface area (Å²) < 4.78 is 61.3. The maximum Gasteiger partial charge on any atom is 0.418 e. The summed E-state index contributed by atoms with van der Waals surface area (Å²) in [7, 11) is 0. The van der Waals surface area contributed by atoms with Gasteiger partial charge in [0.25, 0.3) is 0 Å². The van der Waals surface area contributed by atoms with E-state index in [1.165, 1.54) is 31.8 Å². The summed E-state index contributed by atoms with van der Waals surface area (Å²) >= 11 is 0. The monoisotopic (exact) mass is 570 g/mol. The molecule has 0 saturated carbocycles. The van der Waals surface area contributed by atoms with Gasteiger partial charge in [-0.3, -0.25) is 13.9 Å². The smallest absolute Gasteiger partial charge is 0.299 e. The van der Waals surface area contributed by atoms with E-state index in [0.717, 1.165) is 53.8 Å². The molecule has 3 aromatic rings. The van der Waals surface area contributed by atoms with Crippen LogP contribution in [-0.2, 0) is 18.4 Å². The minimum Gasteiger partial charge on any atom is -0.299 e. The lowest BCUT2D eigenvalue weighted by Crippen LogP contribution is -2.35. The zero-order valence-corrected chi connectivity index (χ0v) is 23.7. The van der Waals surface area contributed by atoms with Crippen LogP contribution in [0.2, 0.25) is 0 Å². The number of alkyl halides is 4. The molecular weight excluding hydrogens is 534 g/mol. The second-order valence-corrected chi connectivity index (χ2v) is 11.6. The van der Waals surface area contributed by atoms with E-state index in [0.29, 0.717) is 29.8 Å². The van der Waals surface area contributed by atoms with E-state index in [1.54, 1.807) is 25.1 Å². The van der Waals surface area contributed by atoms with E-state index in [2.05, 4.69) is 21.0 Å². The average molecular weight is 571 g/mol. The highest BCUT2D eigenvalue weighted by Crippen LogP contribution is 2.38. The minimum atomic E-state index is -4.65. The molecule has 2 aliphatic rings. The van der Waals surface area contributed by atoms with Crippen molar-refractivity contribution in [3.8, 4) is 11.8 Å². The minimum absolute atomic E-state index is 0.0195. The van der Waals surface area contributed by atoms with Crippen molar-refractivity contribution in [3.05, 3.63) is 74.9 Å². The summed E-state index contributed by atoms with van der Waals surface area (Å²) in [5, 5.41) is 4.14. The first-order valence-corrected chi connectivity index (χ1v) is 14.3. The lowest BCUT2D eigenvalue weighted by atomic mass is 9.78. The van der Waals surface area contributed by atoms with Gasteiger partial charge in [-0.25, -0.2) is 9.18 Å². The molecule has 0 aliphatic carbocycles. The lowest BCUT2D eigenvalue weighted by molar-refractivity contribution is -0.136. The molecule has 0 bridgehead atoms. The van der Waals surface area contributed by atoms with Crippen LogP contribution in [-0.4, -0.2) is 32.7 Å². The Morgan fingerprint density at radius 2 is 1.78 bits per heavy atom. The van der Waals surface area contributed by atoms with Gasteiger partial charge in [0.15, 0.2) is 0 Å². The highest BCUT2D eigenvalue weighted by atomic mass is 19.4. The third-order valence-corrected chi connectivity index (χ3v) is 8.57. The molecule has 0 radical (unpaired) electrons. The highest BCUT2D eigenvalue weighted by Gasteiger charge is 2.41. The Bertz CT molecular complexity index is 1570. The molecule has 10 heteroatoms. The van der Waals surface area contributed by atoms with Crippen molar-refractivity contribution in [3.63, 3.8) is 0 Å². The molecule has 3 atom stereocenters. The van der Waals surface area contributed by atoms with Crippen LogP contribution in [0.4, 0.5) is 17.6 Å². The molecule has 4 heterocycles. The fourth-order valence-corrected chi connectivity index (χ4v) is 5.95. The van der Waals surface area contributed by atoms with Crippen molar-refractivity contribution in [2.45, 2.75) is 77.7 Å². The average Bonchev–Trinajstić information content (AvgIpc) is 3.25. The van der Waals surface area contributed by atoms with Crippen LogP contribution in [0.5, 0.6) is 0 Å². The molecular formula is C31H36F4N5O+. The first-order valence-electron chi connectivity index (χ1n) is 14.3. The molecule has 1 aromatic carbocycles. The number of aromatic nitrogens is 2. The van der Waals surface area contributed by atoms with Crippen LogP contribution in [0.3, 0.4) is 0 Å². The molecule has 2 aromatic heterocycles. The van der Waals surface area contributed by atoms with Gasteiger partial charge in [0.2, 0.25) is 0 Å². The maximum absolute atomic E-state index is 16.3. The van der Waals surface area contributed by atoms with E-state index in [4.69, 9.17) is 0 Å². The zero-order chi connectivity index (χ0) is 29.4. The molecule has 1 fully saturated rings. The van der Waals surface area contributed by atoms with Gasteiger partial charge in [-0.2, -0.15) is 13.2 Å². The number of imidazole rings is 1. The molecule has 41 heavy (non-hydrogen) atoms. The number of fused-ring (bicyclic) bond motifs is 1. The van der Waals surface area contributed by atoms with Gasteiger partial charge >= 0.3 is 17.9 Å². The van der Waals surface area contributed by atoms with Crippen LogP contribution in [0.15, 0.2) is 52.6 Å². The second-order valence-electron chi connectivity index (χ2n) is 11.6. The van der Waals surface area contributed by atoms with Gasteiger partial charge in [0.1, 0.15) is 21.4 Å². The predicted molar refractivity (Wildman–Crippen MR) is 152 cm³/mol. The standard InChI is InChI=1S/C31H36F4N5O/c1-21-12-13-36-37-28(21)22(2)30(3,32)24-10-9-11-25(17-24)39-20-27-26(31(33,34)35)16-23(19-40(27)29(39)41)18-38-14-7-5-4-6-8-15-38/h9-11,16-17,19-22H,4-8,12,14-15,18H2,1-3H3/q+1/t21?,22?,30-/m0/s1. The van der Waals surface area contributed by atoms with E-state index in [9.17, 15) is 18.0 Å². The Hall–Kier alpha value is -3.45. The fourth-order valence-electron chi connectivity index (χ4n) is 5.95. The number of nitrogens with zero attached hydrogens (tertiary/aromatic N) is 5.